The number of hydrogen-bond acceptors (Lipinski definition) is 3. The van der Waals surface area contributed by atoms with Crippen molar-refractivity contribution in [2.45, 2.75) is 45.3 Å². The quantitative estimate of drug-likeness (QED) is 0.662. The van der Waals surface area contributed by atoms with Crippen LogP contribution in [0.1, 0.15) is 33.1 Å². The summed E-state index contributed by atoms with van der Waals surface area (Å²) in [5.41, 5.74) is 0. The summed E-state index contributed by atoms with van der Waals surface area (Å²) in [7, 11) is 0. The van der Waals surface area contributed by atoms with Crippen LogP contribution in [0.3, 0.4) is 0 Å². The van der Waals surface area contributed by atoms with Crippen molar-refractivity contribution >= 4 is 0 Å². The van der Waals surface area contributed by atoms with E-state index in [1.807, 2.05) is 6.92 Å². The van der Waals surface area contributed by atoms with Crippen LogP contribution < -0.4 is 5.32 Å². The molecule has 0 aromatic rings. The van der Waals surface area contributed by atoms with E-state index in [1.54, 1.807) is 0 Å². The van der Waals surface area contributed by atoms with Crippen molar-refractivity contribution < 1.29 is 9.47 Å². The Morgan fingerprint density at radius 1 is 1.36 bits per heavy atom. The zero-order valence-electron chi connectivity index (χ0n) is 9.42. The van der Waals surface area contributed by atoms with Crippen LogP contribution in [0.15, 0.2) is 0 Å². The highest BCUT2D eigenvalue weighted by atomic mass is 16.5. The summed E-state index contributed by atoms with van der Waals surface area (Å²) >= 11 is 0. The fourth-order valence-corrected chi connectivity index (χ4v) is 1.78. The van der Waals surface area contributed by atoms with Gasteiger partial charge in [-0.15, -0.1) is 0 Å². The van der Waals surface area contributed by atoms with Gasteiger partial charge in [0.1, 0.15) is 0 Å². The van der Waals surface area contributed by atoms with Gasteiger partial charge in [0, 0.05) is 25.9 Å². The van der Waals surface area contributed by atoms with Gasteiger partial charge in [0.2, 0.25) is 0 Å². The number of ether oxygens (including phenoxy) is 2. The lowest BCUT2D eigenvalue weighted by Crippen LogP contribution is -2.44. The molecule has 0 aliphatic carbocycles. The molecular weight excluding hydrogens is 178 g/mol. The lowest BCUT2D eigenvalue weighted by Gasteiger charge is -2.29. The molecule has 3 heteroatoms. The van der Waals surface area contributed by atoms with Crippen molar-refractivity contribution in [1.82, 2.24) is 5.32 Å². The summed E-state index contributed by atoms with van der Waals surface area (Å²) in [4.78, 5) is 0. The smallest absolute Gasteiger partial charge is 0.0725 e. The average Bonchev–Trinajstić information content (AvgIpc) is 2.20. The predicted octanol–water partition coefficient (Wildman–Crippen LogP) is 1.57. The number of piperidine rings is 1. The van der Waals surface area contributed by atoms with Gasteiger partial charge in [0.15, 0.2) is 0 Å². The molecule has 0 amide bonds. The summed E-state index contributed by atoms with van der Waals surface area (Å²) in [5, 5.41) is 3.43. The second-order valence-corrected chi connectivity index (χ2v) is 3.84. The largest absolute Gasteiger partial charge is 0.382 e. The highest BCUT2D eigenvalue weighted by Crippen LogP contribution is 2.12. The SMILES string of the molecule is CCOCCCOC1CCCNC1C. The van der Waals surface area contributed by atoms with Gasteiger partial charge >= 0.3 is 0 Å². The first-order chi connectivity index (χ1) is 6.84. The van der Waals surface area contributed by atoms with E-state index in [0.29, 0.717) is 12.1 Å². The molecule has 0 aromatic heterocycles. The molecule has 2 unspecified atom stereocenters. The molecule has 3 nitrogen and oxygen atoms in total. The van der Waals surface area contributed by atoms with E-state index < -0.39 is 0 Å². The van der Waals surface area contributed by atoms with Crippen molar-refractivity contribution in [3.8, 4) is 0 Å². The third kappa shape index (κ3) is 4.40. The van der Waals surface area contributed by atoms with Crippen LogP contribution in [0.5, 0.6) is 0 Å². The zero-order chi connectivity index (χ0) is 10.2. The van der Waals surface area contributed by atoms with E-state index in [9.17, 15) is 0 Å². The second kappa shape index (κ2) is 7.21. The fourth-order valence-electron chi connectivity index (χ4n) is 1.78. The van der Waals surface area contributed by atoms with Crippen molar-refractivity contribution in [3.63, 3.8) is 0 Å². The predicted molar refractivity (Wildman–Crippen MR) is 57.5 cm³/mol. The van der Waals surface area contributed by atoms with Crippen LogP contribution in [0.2, 0.25) is 0 Å². The molecule has 1 heterocycles. The van der Waals surface area contributed by atoms with Crippen LogP contribution in [-0.4, -0.2) is 38.5 Å². The molecule has 84 valence electrons. The third-order valence-corrected chi connectivity index (χ3v) is 2.66. The molecule has 0 spiro atoms. The summed E-state index contributed by atoms with van der Waals surface area (Å²) in [6, 6.07) is 0.510. The van der Waals surface area contributed by atoms with Crippen molar-refractivity contribution in [3.05, 3.63) is 0 Å². The zero-order valence-corrected chi connectivity index (χ0v) is 9.42. The summed E-state index contributed by atoms with van der Waals surface area (Å²) in [6.45, 7) is 7.82. The molecule has 1 fully saturated rings. The first-order valence-corrected chi connectivity index (χ1v) is 5.77. The molecule has 0 aromatic carbocycles. The monoisotopic (exact) mass is 201 g/mol. The van der Waals surface area contributed by atoms with E-state index in [-0.39, 0.29) is 0 Å². The Labute approximate surface area is 87.2 Å². The molecule has 0 saturated carbocycles. The summed E-state index contributed by atoms with van der Waals surface area (Å²) < 4.78 is 11.1. The highest BCUT2D eigenvalue weighted by Gasteiger charge is 2.20. The molecule has 2 atom stereocenters. The van der Waals surface area contributed by atoms with Gasteiger partial charge in [-0.3, -0.25) is 0 Å². The third-order valence-electron chi connectivity index (χ3n) is 2.66. The minimum Gasteiger partial charge on any atom is -0.382 e. The molecule has 1 rings (SSSR count). The van der Waals surface area contributed by atoms with E-state index in [4.69, 9.17) is 9.47 Å². The number of hydrogen-bond donors (Lipinski definition) is 1. The van der Waals surface area contributed by atoms with E-state index in [2.05, 4.69) is 12.2 Å². The Bertz CT molecular complexity index is 141. The Balaban J connectivity index is 1.99. The van der Waals surface area contributed by atoms with E-state index in [0.717, 1.165) is 32.8 Å². The summed E-state index contributed by atoms with van der Waals surface area (Å²) in [6.07, 6.45) is 3.85. The van der Waals surface area contributed by atoms with Gasteiger partial charge in [-0.05, 0) is 39.7 Å². The maximum absolute atomic E-state index is 5.80. The van der Waals surface area contributed by atoms with Gasteiger partial charge in [-0.25, -0.2) is 0 Å². The van der Waals surface area contributed by atoms with Crippen molar-refractivity contribution in [2.75, 3.05) is 26.4 Å². The Kier molecular flexibility index (Phi) is 6.15. The van der Waals surface area contributed by atoms with Gasteiger partial charge in [-0.2, -0.15) is 0 Å². The normalized spacial score (nSPS) is 27.9. The maximum Gasteiger partial charge on any atom is 0.0725 e. The Morgan fingerprint density at radius 2 is 2.21 bits per heavy atom. The molecule has 14 heavy (non-hydrogen) atoms. The van der Waals surface area contributed by atoms with Crippen LogP contribution >= 0.6 is 0 Å². The maximum atomic E-state index is 5.80. The van der Waals surface area contributed by atoms with Gasteiger partial charge in [0.05, 0.1) is 6.10 Å². The molecule has 1 saturated heterocycles. The lowest BCUT2D eigenvalue weighted by atomic mass is 10.0. The van der Waals surface area contributed by atoms with Crippen molar-refractivity contribution in [2.24, 2.45) is 0 Å². The van der Waals surface area contributed by atoms with Crippen LogP contribution in [0, 0.1) is 0 Å². The highest BCUT2D eigenvalue weighted by molar-refractivity contribution is 4.77. The van der Waals surface area contributed by atoms with Crippen LogP contribution in [-0.2, 0) is 9.47 Å². The lowest BCUT2D eigenvalue weighted by molar-refractivity contribution is 0.00165. The van der Waals surface area contributed by atoms with E-state index in [1.165, 1.54) is 12.8 Å². The molecule has 0 radical (unpaired) electrons. The van der Waals surface area contributed by atoms with Gasteiger partial charge in [-0.1, -0.05) is 0 Å². The molecule has 1 N–H and O–H groups in total. The fraction of sp³-hybridized carbons (Fsp3) is 1.00. The standard InChI is InChI=1S/C11H23NO2/c1-3-13-8-5-9-14-11-6-4-7-12-10(11)2/h10-12H,3-9H2,1-2H3. The summed E-state index contributed by atoms with van der Waals surface area (Å²) in [5.74, 6) is 0. The molecule has 1 aliphatic heterocycles. The van der Waals surface area contributed by atoms with Crippen LogP contribution in [0.25, 0.3) is 0 Å². The Morgan fingerprint density at radius 3 is 2.93 bits per heavy atom. The van der Waals surface area contributed by atoms with Crippen molar-refractivity contribution in [1.29, 1.82) is 0 Å². The van der Waals surface area contributed by atoms with Gasteiger partial charge < -0.3 is 14.8 Å². The molecule has 0 bridgehead atoms. The van der Waals surface area contributed by atoms with Crippen LogP contribution in [0.4, 0.5) is 0 Å². The topological polar surface area (TPSA) is 30.5 Å². The number of nitrogens with one attached hydrogen (secondary N) is 1. The average molecular weight is 201 g/mol. The molecule has 1 aliphatic rings. The second-order valence-electron chi connectivity index (χ2n) is 3.84. The molecular formula is C11H23NO2. The first kappa shape index (κ1) is 12.0. The van der Waals surface area contributed by atoms with E-state index >= 15 is 0 Å². The Hall–Kier alpha value is -0.120. The minimum absolute atomic E-state index is 0.408. The minimum atomic E-state index is 0.408. The van der Waals surface area contributed by atoms with Gasteiger partial charge in [0.25, 0.3) is 0 Å². The number of rotatable bonds is 6. The first-order valence-electron chi connectivity index (χ1n) is 5.77.